The van der Waals surface area contributed by atoms with Crippen LogP contribution < -0.4 is 4.74 Å². The van der Waals surface area contributed by atoms with E-state index in [1.54, 1.807) is 0 Å². The van der Waals surface area contributed by atoms with Crippen molar-refractivity contribution in [3.8, 4) is 5.75 Å². The molecule has 0 aliphatic carbocycles. The van der Waals surface area contributed by atoms with Crippen molar-refractivity contribution in [1.29, 1.82) is 0 Å². The molecule has 0 spiro atoms. The van der Waals surface area contributed by atoms with Gasteiger partial charge < -0.3 is 9.64 Å². The minimum atomic E-state index is -0.271. The number of likely N-dealkylation sites (tertiary alicyclic amines) is 1. The molecule has 1 fully saturated rings. The van der Waals surface area contributed by atoms with Gasteiger partial charge in [0, 0.05) is 61.8 Å². The molecule has 1 aliphatic rings. The fourth-order valence-electron chi connectivity index (χ4n) is 5.20. The van der Waals surface area contributed by atoms with Crippen LogP contribution in [0.2, 0.25) is 5.02 Å². The van der Waals surface area contributed by atoms with Gasteiger partial charge in [0.1, 0.15) is 5.75 Å². The number of hydrogen-bond acceptors (Lipinski definition) is 4. The number of rotatable bonds is 11. The molecule has 37 heavy (non-hydrogen) atoms. The molecule has 2 aromatic carbocycles. The van der Waals surface area contributed by atoms with Crippen molar-refractivity contribution in [3.63, 3.8) is 0 Å². The van der Waals surface area contributed by atoms with E-state index in [0.717, 1.165) is 67.3 Å². The Hall–Kier alpha value is -2.83. The summed E-state index contributed by atoms with van der Waals surface area (Å²) in [5.74, 6) is 0.946. The van der Waals surface area contributed by atoms with E-state index in [1.807, 2.05) is 66.1 Å². The molecule has 0 N–H and O–H groups in total. The first-order valence-corrected chi connectivity index (χ1v) is 13.6. The van der Waals surface area contributed by atoms with Crippen molar-refractivity contribution in [3.05, 3.63) is 82.6 Å². The first kappa shape index (κ1) is 27.2. The lowest BCUT2D eigenvalue weighted by Gasteiger charge is -2.43. The Morgan fingerprint density at radius 2 is 2.00 bits per heavy atom. The maximum Gasteiger partial charge on any atom is 0.223 e. The molecule has 198 valence electrons. The molecule has 0 bridgehead atoms. The summed E-state index contributed by atoms with van der Waals surface area (Å²) in [6.07, 6.45) is 7.61. The molecule has 2 heterocycles. The third kappa shape index (κ3) is 7.59. The molecule has 7 heteroatoms. The van der Waals surface area contributed by atoms with E-state index in [1.165, 1.54) is 5.56 Å². The van der Waals surface area contributed by atoms with Crippen LogP contribution in [0, 0.1) is 12.3 Å². The number of piperidine rings is 1. The van der Waals surface area contributed by atoms with E-state index in [4.69, 9.17) is 16.3 Å². The van der Waals surface area contributed by atoms with Crippen LogP contribution in [0.4, 0.5) is 0 Å². The molecule has 6 nitrogen and oxygen atoms in total. The minimum Gasteiger partial charge on any atom is -0.493 e. The molecule has 1 atom stereocenters. The molecule has 0 unspecified atom stereocenters. The second kappa shape index (κ2) is 12.6. The number of nitrogens with zero attached hydrogens (tertiary/aromatic N) is 4. The van der Waals surface area contributed by atoms with Gasteiger partial charge in [-0.3, -0.25) is 14.4 Å². The van der Waals surface area contributed by atoms with Crippen LogP contribution in [-0.4, -0.2) is 52.2 Å². The number of ether oxygens (including phenoxy) is 1. The summed E-state index contributed by atoms with van der Waals surface area (Å²) in [4.78, 5) is 17.8. The molecule has 0 saturated carbocycles. The highest BCUT2D eigenvalue weighted by atomic mass is 35.5. The Morgan fingerprint density at radius 3 is 2.76 bits per heavy atom. The fourth-order valence-corrected chi connectivity index (χ4v) is 5.32. The number of carbonyl (C=O) groups excluding carboxylic acids is 1. The van der Waals surface area contributed by atoms with Crippen molar-refractivity contribution in [2.45, 2.75) is 59.2 Å². The number of halogens is 1. The summed E-state index contributed by atoms with van der Waals surface area (Å²) in [7, 11) is 1.90. The molecule has 1 amide bonds. The average molecular weight is 523 g/mol. The lowest BCUT2D eigenvalue weighted by molar-refractivity contribution is -0.135. The van der Waals surface area contributed by atoms with Crippen LogP contribution in [0.5, 0.6) is 5.75 Å². The van der Waals surface area contributed by atoms with E-state index < -0.39 is 0 Å². The highest BCUT2D eigenvalue weighted by Crippen LogP contribution is 2.36. The summed E-state index contributed by atoms with van der Waals surface area (Å²) >= 11 is 6.23. The highest BCUT2D eigenvalue weighted by molar-refractivity contribution is 6.31. The Bertz CT molecular complexity index is 1170. The number of amides is 1. The van der Waals surface area contributed by atoms with Crippen molar-refractivity contribution in [2.75, 3.05) is 26.7 Å². The number of carbonyl (C=O) groups is 1. The van der Waals surface area contributed by atoms with Gasteiger partial charge in [0.2, 0.25) is 5.91 Å². The van der Waals surface area contributed by atoms with Crippen molar-refractivity contribution >= 4 is 17.5 Å². The van der Waals surface area contributed by atoms with E-state index in [-0.39, 0.29) is 11.3 Å². The second-order valence-electron chi connectivity index (χ2n) is 10.5. The molecular weight excluding hydrogens is 484 g/mol. The monoisotopic (exact) mass is 522 g/mol. The predicted molar refractivity (Wildman–Crippen MR) is 149 cm³/mol. The van der Waals surface area contributed by atoms with Crippen molar-refractivity contribution < 1.29 is 9.53 Å². The summed E-state index contributed by atoms with van der Waals surface area (Å²) < 4.78 is 8.36. The maximum atomic E-state index is 13.5. The molecule has 3 aromatic rings. The lowest BCUT2D eigenvalue weighted by Crippen LogP contribution is -2.48. The second-order valence-corrected chi connectivity index (χ2v) is 10.9. The van der Waals surface area contributed by atoms with E-state index in [9.17, 15) is 4.79 Å². The summed E-state index contributed by atoms with van der Waals surface area (Å²) in [6.45, 7) is 8.82. The molecule has 1 saturated heterocycles. The predicted octanol–water partition coefficient (Wildman–Crippen LogP) is 5.96. The van der Waals surface area contributed by atoms with E-state index in [0.29, 0.717) is 19.6 Å². The normalized spacial score (nSPS) is 18.1. The standard InChI is InChI=1S/C30H39ClN4O2/c1-4-14-35-21-26(18-32-35)20-34-15-8-13-30(22-34,23-37-27-11-12-28(31)24(2)16-27)17-29(36)33(3)19-25-9-6-5-7-10-25/h5-7,9-12,16,18,21H,4,8,13-15,17,19-20,22-23H2,1-3H3/t30-/m1/s1. The largest absolute Gasteiger partial charge is 0.493 e. The number of aromatic nitrogens is 2. The van der Waals surface area contributed by atoms with E-state index >= 15 is 0 Å². The van der Waals surface area contributed by atoms with Gasteiger partial charge in [-0.05, 0) is 62.1 Å². The topological polar surface area (TPSA) is 50.6 Å². The first-order chi connectivity index (χ1) is 17.9. The molecule has 4 rings (SSSR count). The smallest absolute Gasteiger partial charge is 0.223 e. The zero-order valence-electron chi connectivity index (χ0n) is 22.3. The highest BCUT2D eigenvalue weighted by Gasteiger charge is 2.39. The molecule has 1 aliphatic heterocycles. The van der Waals surface area contributed by atoms with Crippen LogP contribution in [0.15, 0.2) is 60.9 Å². The Kier molecular flexibility index (Phi) is 9.28. The van der Waals surface area contributed by atoms with Crippen LogP contribution in [0.3, 0.4) is 0 Å². The van der Waals surface area contributed by atoms with Gasteiger partial charge in [-0.1, -0.05) is 48.9 Å². The Balaban J connectivity index is 1.48. The Morgan fingerprint density at radius 1 is 1.19 bits per heavy atom. The number of benzene rings is 2. The van der Waals surface area contributed by atoms with Crippen molar-refractivity contribution in [1.82, 2.24) is 19.6 Å². The third-order valence-electron chi connectivity index (χ3n) is 7.18. The van der Waals surface area contributed by atoms with E-state index in [2.05, 4.69) is 35.3 Å². The van der Waals surface area contributed by atoms with Gasteiger partial charge >= 0.3 is 0 Å². The van der Waals surface area contributed by atoms with Crippen LogP contribution >= 0.6 is 11.6 Å². The summed E-state index contributed by atoms with van der Waals surface area (Å²) in [6, 6.07) is 15.9. The van der Waals surface area contributed by atoms with Gasteiger partial charge in [0.05, 0.1) is 12.8 Å². The van der Waals surface area contributed by atoms with Crippen LogP contribution in [-0.2, 0) is 24.4 Å². The number of hydrogen-bond donors (Lipinski definition) is 0. The van der Waals surface area contributed by atoms with Gasteiger partial charge in [-0.15, -0.1) is 0 Å². The molecule has 0 radical (unpaired) electrons. The quantitative estimate of drug-likeness (QED) is 0.311. The molecular formula is C30H39ClN4O2. The van der Waals surface area contributed by atoms with Crippen molar-refractivity contribution in [2.24, 2.45) is 5.41 Å². The van der Waals surface area contributed by atoms with Gasteiger partial charge in [0.25, 0.3) is 0 Å². The SMILES string of the molecule is CCCn1cc(CN2CCC[C@@](COc3ccc(Cl)c(C)c3)(CC(=O)N(C)Cc3ccccc3)C2)cn1. The average Bonchev–Trinajstić information content (AvgIpc) is 3.32. The first-order valence-electron chi connectivity index (χ1n) is 13.3. The fraction of sp³-hybridized carbons (Fsp3) is 0.467. The lowest BCUT2D eigenvalue weighted by atomic mass is 9.77. The molecule has 1 aromatic heterocycles. The third-order valence-corrected chi connectivity index (χ3v) is 7.60. The Labute approximate surface area is 226 Å². The minimum absolute atomic E-state index is 0.150. The van der Waals surface area contributed by atoms with Crippen LogP contribution in [0.1, 0.15) is 49.3 Å². The number of aryl methyl sites for hydroxylation is 2. The summed E-state index contributed by atoms with van der Waals surface area (Å²) in [5, 5.41) is 5.23. The maximum absolute atomic E-state index is 13.5. The van der Waals surface area contributed by atoms with Crippen LogP contribution in [0.25, 0.3) is 0 Å². The van der Waals surface area contributed by atoms with Gasteiger partial charge in [0.15, 0.2) is 0 Å². The summed E-state index contributed by atoms with van der Waals surface area (Å²) in [5.41, 5.74) is 3.06. The van der Waals surface area contributed by atoms with Gasteiger partial charge in [-0.2, -0.15) is 5.10 Å². The van der Waals surface area contributed by atoms with Gasteiger partial charge in [-0.25, -0.2) is 0 Å². The zero-order chi connectivity index (χ0) is 26.3. The zero-order valence-corrected chi connectivity index (χ0v) is 23.1.